The van der Waals surface area contributed by atoms with Crippen molar-refractivity contribution in [1.82, 2.24) is 9.97 Å². The van der Waals surface area contributed by atoms with Crippen LogP contribution in [0.2, 0.25) is 0 Å². The topological polar surface area (TPSA) is 142 Å². The number of H-pyrrole nitrogens is 2. The Morgan fingerprint density at radius 2 is 0.986 bits per heavy atom. The van der Waals surface area contributed by atoms with E-state index in [1.807, 2.05) is 62.4 Å². The normalized spacial score (nSPS) is 10.9. The fourth-order valence-electron chi connectivity index (χ4n) is 7.13. The number of nitrogens with one attached hydrogen (secondary N) is 3. The average Bonchev–Trinajstić information content (AvgIpc) is 3.83. The number of ketones is 1. The number of halogens is 9. The smallest absolute Gasteiger partial charge is 0.497 e. The molecule has 0 aliphatic carbocycles. The van der Waals surface area contributed by atoms with Gasteiger partial charge in [0, 0.05) is 71.3 Å². The Kier molecular flexibility index (Phi) is 21.1. The second kappa shape index (κ2) is 26.0. The van der Waals surface area contributed by atoms with E-state index in [9.17, 15) is 44.3 Å². The van der Waals surface area contributed by atoms with Crippen LogP contribution in [0.3, 0.4) is 0 Å². The number of benzene rings is 6. The fourth-order valence-corrected chi connectivity index (χ4v) is 7.13. The van der Waals surface area contributed by atoms with Crippen molar-refractivity contribution in [1.29, 1.82) is 0 Å². The number of nitrogen functional groups attached to an aromatic ring is 1. The SMILES string of the molecule is C.COc1ccc(-c2c(C)[nH]c3cc(OC(F)(F)F)ccc23)cc1.COc1ccc(-c2c(C)[nH]c3cccc(OC(F)(F)F)c23)cc1.COc1ccc(CC(C)=O)cc1.NNc1cccc(OC(F)(F)F)c1.[B]. The van der Waals surface area contributed by atoms with Crippen molar-refractivity contribution in [2.24, 2.45) is 5.84 Å². The van der Waals surface area contributed by atoms with E-state index < -0.39 is 19.1 Å². The van der Waals surface area contributed by atoms with Crippen LogP contribution in [0.15, 0.2) is 133 Å². The number of Topliss-reactive ketones (excluding diaryl/α,β-unsaturated/α-hetero) is 1. The summed E-state index contributed by atoms with van der Waals surface area (Å²) in [4.78, 5) is 16.9. The van der Waals surface area contributed by atoms with Gasteiger partial charge in [-0.25, -0.2) is 0 Å². The number of fused-ring (bicyclic) bond motifs is 2. The highest BCUT2D eigenvalue weighted by molar-refractivity contribution is 6.02. The molecule has 11 nitrogen and oxygen atoms in total. The van der Waals surface area contributed by atoms with E-state index in [1.165, 1.54) is 42.5 Å². The molecule has 6 aromatic carbocycles. The van der Waals surface area contributed by atoms with Crippen molar-refractivity contribution < 1.29 is 72.7 Å². The largest absolute Gasteiger partial charge is 0.573 e. The van der Waals surface area contributed by atoms with E-state index in [0.717, 1.165) is 56.6 Å². The van der Waals surface area contributed by atoms with Gasteiger partial charge in [0.2, 0.25) is 0 Å². The maximum atomic E-state index is 12.7. The number of rotatable bonds is 11. The highest BCUT2D eigenvalue weighted by Crippen LogP contribution is 2.41. The van der Waals surface area contributed by atoms with Crippen molar-refractivity contribution in [2.45, 2.75) is 53.7 Å². The summed E-state index contributed by atoms with van der Waals surface area (Å²) in [5, 5.41) is 1.25. The maximum absolute atomic E-state index is 12.7. The van der Waals surface area contributed by atoms with E-state index in [4.69, 9.17) is 20.1 Å². The van der Waals surface area contributed by atoms with Crippen LogP contribution in [0.5, 0.6) is 34.5 Å². The number of carbonyl (C=O) groups is 1. The molecule has 5 N–H and O–H groups in total. The van der Waals surface area contributed by atoms with Crippen LogP contribution in [0.4, 0.5) is 45.2 Å². The summed E-state index contributed by atoms with van der Waals surface area (Å²) in [6, 6.07) is 36.3. The minimum absolute atomic E-state index is 0. The number of hydrogen-bond donors (Lipinski definition) is 4. The third kappa shape index (κ3) is 17.7. The molecule has 0 unspecified atom stereocenters. The molecule has 387 valence electrons. The van der Waals surface area contributed by atoms with E-state index in [2.05, 4.69) is 29.6 Å². The predicted molar refractivity (Wildman–Crippen MR) is 264 cm³/mol. The van der Waals surface area contributed by atoms with Crippen molar-refractivity contribution in [2.75, 3.05) is 26.8 Å². The van der Waals surface area contributed by atoms with Gasteiger partial charge < -0.3 is 43.8 Å². The van der Waals surface area contributed by atoms with Gasteiger partial charge in [-0.15, -0.1) is 39.5 Å². The minimum Gasteiger partial charge on any atom is -0.497 e. The zero-order valence-electron chi connectivity index (χ0n) is 39.3. The zero-order chi connectivity index (χ0) is 52.1. The monoisotopic (exact) mass is 1030 g/mol. The molecule has 8 rings (SSSR count). The molecular formula is C52H51BF9N4O7. The summed E-state index contributed by atoms with van der Waals surface area (Å²) in [5.41, 5.74) is 9.78. The van der Waals surface area contributed by atoms with Crippen LogP contribution >= 0.6 is 0 Å². The number of ether oxygens (including phenoxy) is 6. The first-order valence-corrected chi connectivity index (χ1v) is 21.0. The molecule has 0 saturated heterocycles. The summed E-state index contributed by atoms with van der Waals surface area (Å²) in [6.07, 6.45) is -13.6. The number of aromatic nitrogens is 2. The van der Waals surface area contributed by atoms with Gasteiger partial charge in [-0.05, 0) is 110 Å². The van der Waals surface area contributed by atoms with E-state index >= 15 is 0 Å². The molecule has 0 saturated carbocycles. The molecule has 8 aromatic rings. The molecule has 0 amide bonds. The van der Waals surface area contributed by atoms with E-state index in [0.29, 0.717) is 39.8 Å². The third-order valence-electron chi connectivity index (χ3n) is 9.99. The van der Waals surface area contributed by atoms with Gasteiger partial charge in [-0.1, -0.05) is 56.0 Å². The maximum Gasteiger partial charge on any atom is 0.573 e. The van der Waals surface area contributed by atoms with Crippen molar-refractivity contribution in [3.63, 3.8) is 0 Å². The fraction of sp³-hybridized carbons (Fsp3) is 0.212. The molecule has 0 atom stereocenters. The molecule has 0 fully saturated rings. The number of carbonyl (C=O) groups excluding carboxylic acids is 1. The van der Waals surface area contributed by atoms with Gasteiger partial charge in [0.15, 0.2) is 0 Å². The number of methoxy groups -OCH3 is 3. The summed E-state index contributed by atoms with van der Waals surface area (Å²) in [7, 11) is 4.77. The Morgan fingerprint density at radius 3 is 1.47 bits per heavy atom. The predicted octanol–water partition coefficient (Wildman–Crippen LogP) is 14.1. The number of hydrogen-bond acceptors (Lipinski definition) is 9. The number of alkyl halides is 9. The molecule has 0 aliphatic rings. The highest BCUT2D eigenvalue weighted by Gasteiger charge is 2.33. The van der Waals surface area contributed by atoms with Crippen molar-refractivity contribution in [3.05, 3.63) is 150 Å². The Labute approximate surface area is 416 Å². The van der Waals surface area contributed by atoms with Crippen LogP contribution in [0, 0.1) is 13.8 Å². The first-order chi connectivity index (χ1) is 33.5. The van der Waals surface area contributed by atoms with Gasteiger partial charge in [0.1, 0.15) is 40.3 Å². The molecular weight excluding hydrogens is 974 g/mol. The average molecular weight is 1030 g/mol. The van der Waals surface area contributed by atoms with Crippen LogP contribution in [0.1, 0.15) is 31.3 Å². The molecule has 2 heterocycles. The zero-order valence-corrected chi connectivity index (χ0v) is 39.3. The first-order valence-electron chi connectivity index (χ1n) is 21.0. The van der Waals surface area contributed by atoms with E-state index in [-0.39, 0.29) is 38.9 Å². The van der Waals surface area contributed by atoms with E-state index in [1.54, 1.807) is 64.7 Å². The molecule has 21 heteroatoms. The van der Waals surface area contributed by atoms with Gasteiger partial charge >= 0.3 is 19.1 Å². The molecule has 2 aromatic heterocycles. The lowest BCUT2D eigenvalue weighted by atomic mass is 10.0. The number of nitrogens with two attached hydrogens (primary N) is 1. The Balaban J connectivity index is 0.000000265. The Morgan fingerprint density at radius 1 is 0.548 bits per heavy atom. The second-order valence-corrected chi connectivity index (χ2v) is 15.1. The van der Waals surface area contributed by atoms with Gasteiger partial charge in [-0.3, -0.25) is 10.6 Å². The lowest BCUT2D eigenvalue weighted by molar-refractivity contribution is -0.275. The summed E-state index contributed by atoms with van der Waals surface area (Å²) in [5.74, 6) is 6.66. The molecule has 0 bridgehead atoms. The molecule has 0 spiro atoms. The highest BCUT2D eigenvalue weighted by atomic mass is 19.4. The van der Waals surface area contributed by atoms with Gasteiger partial charge in [-0.2, -0.15) is 0 Å². The number of aromatic amines is 2. The quantitative estimate of drug-likeness (QED) is 0.0431. The lowest BCUT2D eigenvalue weighted by Crippen LogP contribution is -2.17. The van der Waals surface area contributed by atoms with Crippen LogP contribution in [-0.2, 0) is 11.2 Å². The number of hydrazine groups is 1. The van der Waals surface area contributed by atoms with Crippen molar-refractivity contribution in [3.8, 4) is 56.8 Å². The lowest BCUT2D eigenvalue weighted by Gasteiger charge is -2.11. The molecule has 0 aliphatic heterocycles. The van der Waals surface area contributed by atoms with Crippen LogP contribution in [-0.4, -0.2) is 64.6 Å². The summed E-state index contributed by atoms with van der Waals surface area (Å²) >= 11 is 0. The van der Waals surface area contributed by atoms with Crippen LogP contribution in [0.25, 0.3) is 44.1 Å². The van der Waals surface area contributed by atoms with Gasteiger partial charge in [0.25, 0.3) is 0 Å². The Bertz CT molecular complexity index is 2990. The molecule has 3 radical (unpaired) electrons. The molecule has 73 heavy (non-hydrogen) atoms. The number of anilines is 1. The second-order valence-electron chi connectivity index (χ2n) is 15.1. The number of aryl methyl sites for hydroxylation is 2. The standard InChI is InChI=1S/2C17H14F3NO2.C10H12O2.C7H7F3N2O.CH4.B/c1-10-16(11-3-5-12(22-2)6-4-11)14-8-7-13(9-15(14)21-10)23-17(18,19)20;1-10-15(11-6-8-12(22-2)9-7-11)16-13(21-10)4-3-5-14(16)23-17(18,19)20;1-8(11)7-9-3-5-10(12-2)6-4-9;8-7(9,10)13-6-3-1-2-5(4-6)12-11;;/h2*3-9,21H,1-2H3;3-6H,7H2,1-2H3;1-4,12H,11H2;1H4;. The van der Waals surface area contributed by atoms with Gasteiger partial charge in [0.05, 0.1) is 27.0 Å². The third-order valence-corrected chi connectivity index (χ3v) is 9.99. The minimum atomic E-state index is -4.74. The Hall–Kier alpha value is -7.94. The summed E-state index contributed by atoms with van der Waals surface area (Å²) < 4.78 is 137. The van der Waals surface area contributed by atoms with Crippen molar-refractivity contribution >= 4 is 41.7 Å². The summed E-state index contributed by atoms with van der Waals surface area (Å²) in [6.45, 7) is 5.28. The first kappa shape index (κ1) is 59.4. The van der Waals surface area contributed by atoms with Crippen LogP contribution < -0.4 is 39.7 Å².